The largest absolute Gasteiger partial charge is 0.462 e. The highest BCUT2D eigenvalue weighted by Crippen LogP contribution is 2.45. The van der Waals surface area contributed by atoms with Crippen molar-refractivity contribution < 1.29 is 27.4 Å². The fourth-order valence-corrected chi connectivity index (χ4v) is 7.68. The molecular weight excluding hydrogens is 579 g/mol. The van der Waals surface area contributed by atoms with Gasteiger partial charge in [-0.3, -0.25) is 4.79 Å². The molecule has 0 amide bonds. The number of aryl methyl sites for hydroxylation is 1. The molecule has 4 aromatic rings. The van der Waals surface area contributed by atoms with Gasteiger partial charge in [0.1, 0.15) is 16.8 Å². The summed E-state index contributed by atoms with van der Waals surface area (Å²) in [4.78, 5) is 12.3. The summed E-state index contributed by atoms with van der Waals surface area (Å²) < 4.78 is 52.5. The van der Waals surface area contributed by atoms with Crippen molar-refractivity contribution in [2.24, 2.45) is 0 Å². The molecule has 2 atom stereocenters. The van der Waals surface area contributed by atoms with Crippen LogP contribution in [-0.2, 0) is 32.6 Å². The molecule has 2 heterocycles. The van der Waals surface area contributed by atoms with E-state index < -0.39 is 34.0 Å². The highest BCUT2D eigenvalue weighted by atomic mass is 32.2. The van der Waals surface area contributed by atoms with E-state index >= 15 is 0 Å². The van der Waals surface area contributed by atoms with E-state index in [4.69, 9.17) is 4.74 Å². The zero-order chi connectivity index (χ0) is 31.6. The number of esters is 1. The number of rotatable bonds is 10. The zero-order valence-corrected chi connectivity index (χ0v) is 26.4. The molecular formula is C35H39FN2O5S. The molecule has 1 aliphatic heterocycles. The molecule has 5 rings (SSSR count). The third-order valence-corrected chi connectivity index (χ3v) is 9.97. The Balaban J connectivity index is 1.76. The van der Waals surface area contributed by atoms with E-state index in [0.29, 0.717) is 41.9 Å². The lowest BCUT2D eigenvalue weighted by atomic mass is 9.99. The van der Waals surface area contributed by atoms with E-state index in [-0.39, 0.29) is 23.8 Å². The summed E-state index contributed by atoms with van der Waals surface area (Å²) in [5.41, 5.74) is 5.08. The highest BCUT2D eigenvalue weighted by molar-refractivity contribution is 7.89. The molecule has 9 heteroatoms. The summed E-state index contributed by atoms with van der Waals surface area (Å²) in [7, 11) is -2.48. The first kappa shape index (κ1) is 31.6. The number of aliphatic hydroxyl groups is 1. The molecule has 1 N–H and O–H groups in total. The Morgan fingerprint density at radius 1 is 1.00 bits per heavy atom. The monoisotopic (exact) mass is 618 g/mol. The molecule has 7 nitrogen and oxygen atoms in total. The zero-order valence-electron chi connectivity index (χ0n) is 25.5. The lowest BCUT2D eigenvalue weighted by molar-refractivity contribution is -0.160. The van der Waals surface area contributed by atoms with Gasteiger partial charge in [0, 0.05) is 44.2 Å². The quantitative estimate of drug-likeness (QED) is 0.201. The Morgan fingerprint density at radius 2 is 1.64 bits per heavy atom. The number of cyclic esters (lactones) is 1. The van der Waals surface area contributed by atoms with E-state index in [0.717, 1.165) is 16.7 Å². The van der Waals surface area contributed by atoms with Crippen LogP contribution in [0.1, 0.15) is 55.8 Å². The van der Waals surface area contributed by atoms with Crippen LogP contribution in [0.15, 0.2) is 83.8 Å². The molecule has 3 aromatic carbocycles. The molecule has 0 unspecified atom stereocenters. The average molecular weight is 619 g/mol. The molecule has 0 radical (unpaired) electrons. The van der Waals surface area contributed by atoms with Gasteiger partial charge in [-0.2, -0.15) is 4.31 Å². The summed E-state index contributed by atoms with van der Waals surface area (Å²) in [5.74, 6) is -1.07. The molecule has 1 fully saturated rings. The van der Waals surface area contributed by atoms with Crippen molar-refractivity contribution in [1.29, 1.82) is 0 Å². The van der Waals surface area contributed by atoms with Crippen LogP contribution >= 0.6 is 0 Å². The van der Waals surface area contributed by atoms with Crippen molar-refractivity contribution >= 4 is 16.0 Å². The summed E-state index contributed by atoms with van der Waals surface area (Å²) >= 11 is 0. The first-order valence-corrected chi connectivity index (χ1v) is 16.4. The summed E-state index contributed by atoms with van der Waals surface area (Å²) in [6.07, 6.45) is -0.647. The molecule has 1 saturated heterocycles. The number of hydrogen-bond donors (Lipinski definition) is 1. The number of aliphatic hydroxyl groups excluding tert-OH is 1. The molecule has 0 aliphatic carbocycles. The van der Waals surface area contributed by atoms with Crippen molar-refractivity contribution in [3.63, 3.8) is 0 Å². The van der Waals surface area contributed by atoms with Gasteiger partial charge in [0.2, 0.25) is 10.0 Å². The number of halogens is 1. The van der Waals surface area contributed by atoms with Gasteiger partial charge in [0.05, 0.1) is 18.2 Å². The third kappa shape index (κ3) is 6.65. The van der Waals surface area contributed by atoms with E-state index in [9.17, 15) is 22.7 Å². The maximum absolute atomic E-state index is 14.7. The van der Waals surface area contributed by atoms with Gasteiger partial charge in [-0.05, 0) is 53.8 Å². The summed E-state index contributed by atoms with van der Waals surface area (Å²) in [6.45, 7) is 6.39. The first-order chi connectivity index (χ1) is 21.0. The highest BCUT2D eigenvalue weighted by Gasteiger charge is 2.37. The van der Waals surface area contributed by atoms with E-state index in [1.165, 1.54) is 16.4 Å². The predicted octanol–water partition coefficient (Wildman–Crippen LogP) is 6.67. The van der Waals surface area contributed by atoms with Crippen LogP contribution < -0.4 is 0 Å². The van der Waals surface area contributed by atoms with Crippen molar-refractivity contribution in [3.8, 4) is 22.4 Å². The Kier molecular flexibility index (Phi) is 9.39. The standard InChI is InChI=1S/C35H39FN2O5S/c1-23(2)33-35(44(41,42)37(4)22-25-8-6-5-7-9-25)32(26-12-10-24(3)11-13-26)34(27-14-16-28(36)17-15-27)38(33)19-18-30-20-29(39)21-31(40)43-30/h5-17,23,29-30,39H,18-22H2,1-4H3/t29-,30-/m1/s1. The lowest BCUT2D eigenvalue weighted by Crippen LogP contribution is -2.33. The van der Waals surface area contributed by atoms with Crippen LogP contribution in [0.4, 0.5) is 4.39 Å². The SMILES string of the molecule is Cc1ccc(-c2c(S(=O)(=O)N(C)Cc3ccccc3)c(C(C)C)n(CC[C@@H]3C[C@@H](O)CC(=O)O3)c2-c2ccc(F)cc2)cc1. The van der Waals surface area contributed by atoms with E-state index in [2.05, 4.69) is 0 Å². The van der Waals surface area contributed by atoms with Crippen LogP contribution in [0.5, 0.6) is 0 Å². The molecule has 44 heavy (non-hydrogen) atoms. The normalized spacial score (nSPS) is 17.3. The number of benzene rings is 3. The summed E-state index contributed by atoms with van der Waals surface area (Å²) in [5, 5.41) is 10.2. The molecule has 0 saturated carbocycles. The second-order valence-corrected chi connectivity index (χ2v) is 13.8. The summed E-state index contributed by atoms with van der Waals surface area (Å²) in [6, 6.07) is 23.2. The molecule has 0 bridgehead atoms. The maximum atomic E-state index is 14.7. The Hall–Kier alpha value is -3.79. The molecule has 0 spiro atoms. The fraction of sp³-hybridized carbons (Fsp3) is 0.343. The number of aromatic nitrogens is 1. The second kappa shape index (κ2) is 13.1. The average Bonchev–Trinajstić information content (AvgIpc) is 3.33. The van der Waals surface area contributed by atoms with Crippen LogP contribution in [0.25, 0.3) is 22.4 Å². The van der Waals surface area contributed by atoms with Crippen LogP contribution in [0.2, 0.25) is 0 Å². The number of carbonyl (C=O) groups excluding carboxylic acids is 1. The van der Waals surface area contributed by atoms with Gasteiger partial charge in [-0.15, -0.1) is 0 Å². The lowest BCUT2D eigenvalue weighted by Gasteiger charge is -2.27. The number of ether oxygens (including phenoxy) is 1. The topological polar surface area (TPSA) is 88.8 Å². The number of hydrogen-bond acceptors (Lipinski definition) is 5. The van der Waals surface area contributed by atoms with E-state index in [1.54, 1.807) is 19.2 Å². The van der Waals surface area contributed by atoms with Gasteiger partial charge in [-0.25, -0.2) is 12.8 Å². The van der Waals surface area contributed by atoms with Crippen molar-refractivity contribution in [3.05, 3.63) is 102 Å². The van der Waals surface area contributed by atoms with Crippen LogP contribution in [-0.4, -0.2) is 47.6 Å². The number of carbonyl (C=O) groups is 1. The van der Waals surface area contributed by atoms with Gasteiger partial charge in [0.15, 0.2) is 0 Å². The van der Waals surface area contributed by atoms with Gasteiger partial charge < -0.3 is 14.4 Å². The molecule has 232 valence electrons. The number of sulfonamides is 1. The maximum Gasteiger partial charge on any atom is 0.308 e. The minimum atomic E-state index is -4.07. The van der Waals surface area contributed by atoms with Crippen molar-refractivity contribution in [1.82, 2.24) is 8.87 Å². The van der Waals surface area contributed by atoms with Gasteiger partial charge in [0.25, 0.3) is 0 Å². The van der Waals surface area contributed by atoms with Crippen LogP contribution in [0, 0.1) is 12.7 Å². The second-order valence-electron chi connectivity index (χ2n) is 11.9. The Bertz CT molecular complexity index is 1720. The first-order valence-electron chi connectivity index (χ1n) is 14.9. The third-order valence-electron chi connectivity index (χ3n) is 8.09. The molecule has 1 aromatic heterocycles. The van der Waals surface area contributed by atoms with Gasteiger partial charge >= 0.3 is 5.97 Å². The van der Waals surface area contributed by atoms with Crippen molar-refractivity contribution in [2.75, 3.05) is 7.05 Å². The minimum Gasteiger partial charge on any atom is -0.462 e. The van der Waals surface area contributed by atoms with Crippen molar-refractivity contribution in [2.45, 2.75) is 76.1 Å². The Morgan fingerprint density at radius 3 is 2.25 bits per heavy atom. The van der Waals surface area contributed by atoms with E-state index in [1.807, 2.05) is 79.9 Å². The predicted molar refractivity (Wildman–Crippen MR) is 169 cm³/mol. The fourth-order valence-electron chi connectivity index (χ4n) is 5.97. The minimum absolute atomic E-state index is 0.0359. The Labute approximate surface area is 259 Å². The molecule has 1 aliphatic rings. The van der Waals surface area contributed by atoms with Gasteiger partial charge in [-0.1, -0.05) is 74.0 Å². The smallest absolute Gasteiger partial charge is 0.308 e. The van der Waals surface area contributed by atoms with Crippen LogP contribution in [0.3, 0.4) is 0 Å². The number of nitrogens with zero attached hydrogens (tertiary/aromatic N) is 2.